The van der Waals surface area contributed by atoms with Crippen molar-refractivity contribution in [1.82, 2.24) is 15.0 Å². The highest BCUT2D eigenvalue weighted by atomic mass is 35.5. The van der Waals surface area contributed by atoms with E-state index < -0.39 is 27.4 Å². The highest BCUT2D eigenvalue weighted by Crippen LogP contribution is 2.30. The lowest BCUT2D eigenvalue weighted by Gasteiger charge is -2.19. The van der Waals surface area contributed by atoms with E-state index in [-0.39, 0.29) is 22.1 Å². The molecule has 0 saturated carbocycles. The van der Waals surface area contributed by atoms with Crippen molar-refractivity contribution >= 4 is 27.1 Å². The van der Waals surface area contributed by atoms with Gasteiger partial charge in [0, 0.05) is 22.5 Å². The highest BCUT2D eigenvalue weighted by Gasteiger charge is 2.25. The molecule has 2 atom stereocenters. The zero-order valence-electron chi connectivity index (χ0n) is 15.3. The lowest BCUT2D eigenvalue weighted by Crippen LogP contribution is -2.17. The summed E-state index contributed by atoms with van der Waals surface area (Å²) in [4.78, 5) is 11.3. The van der Waals surface area contributed by atoms with Gasteiger partial charge in [-0.3, -0.25) is 0 Å². The number of hydrogen-bond donors (Lipinski definition) is 3. The van der Waals surface area contributed by atoms with Crippen molar-refractivity contribution in [3.63, 3.8) is 0 Å². The molecular weight excluding hydrogens is 408 g/mol. The molecule has 0 aliphatic carbocycles. The number of hydrogen-bond acceptors (Lipinski definition) is 5. The van der Waals surface area contributed by atoms with E-state index in [4.69, 9.17) is 16.4 Å². The quantitative estimate of drug-likeness (QED) is 0.557. The number of anilines is 1. The third kappa shape index (κ3) is 4.15. The van der Waals surface area contributed by atoms with E-state index in [9.17, 15) is 13.0 Å². The van der Waals surface area contributed by atoms with Crippen LogP contribution in [0.5, 0.6) is 0 Å². The molecule has 1 unspecified atom stereocenters. The number of aromatic nitrogens is 3. The van der Waals surface area contributed by atoms with Crippen LogP contribution in [0, 0.1) is 30.3 Å². The first-order valence-electron chi connectivity index (χ1n) is 8.21. The molecule has 2 aromatic heterocycles. The van der Waals surface area contributed by atoms with Gasteiger partial charge in [0.1, 0.15) is 29.3 Å². The zero-order valence-corrected chi connectivity index (χ0v) is 16.9. The molecule has 0 aliphatic rings. The normalized spacial score (nSPS) is 14.5. The van der Waals surface area contributed by atoms with E-state index in [1.165, 1.54) is 43.5 Å². The molecule has 0 spiro atoms. The van der Waals surface area contributed by atoms with E-state index in [0.717, 1.165) is 0 Å². The van der Waals surface area contributed by atoms with Gasteiger partial charge in [0.25, 0.3) is 0 Å². The second-order valence-corrected chi connectivity index (χ2v) is 8.91. The number of pyridine rings is 1. The maximum atomic E-state index is 14.6. The number of nitrogens with zero attached hydrogens (tertiary/aromatic N) is 2. The summed E-state index contributed by atoms with van der Waals surface area (Å²) in [6.45, 7) is 3.14. The maximum absolute atomic E-state index is 14.6. The maximum Gasteiger partial charge on any atom is 0.156 e. The summed E-state index contributed by atoms with van der Waals surface area (Å²) in [5, 5.41) is 3.41. The van der Waals surface area contributed by atoms with Gasteiger partial charge in [-0.1, -0.05) is 11.6 Å². The monoisotopic (exact) mass is 425 g/mol. The van der Waals surface area contributed by atoms with Crippen LogP contribution in [0.3, 0.4) is 0 Å². The molecule has 3 aromatic rings. The van der Waals surface area contributed by atoms with Crippen molar-refractivity contribution in [2.24, 2.45) is 0 Å². The smallest absolute Gasteiger partial charge is 0.156 e. The van der Waals surface area contributed by atoms with Gasteiger partial charge in [-0.15, -0.1) is 0 Å². The van der Waals surface area contributed by atoms with Crippen LogP contribution in [0.1, 0.15) is 28.8 Å². The molecule has 3 N–H and O–H groups in total. The molecule has 6 nitrogen and oxygen atoms in total. The van der Waals surface area contributed by atoms with Crippen LogP contribution in [-0.4, -0.2) is 25.4 Å². The highest BCUT2D eigenvalue weighted by molar-refractivity contribution is 7.91. The molecule has 3 rings (SSSR count). The van der Waals surface area contributed by atoms with Gasteiger partial charge in [-0.05, 0) is 44.2 Å². The fourth-order valence-corrected chi connectivity index (χ4v) is 3.87. The van der Waals surface area contributed by atoms with Gasteiger partial charge in [0.15, 0.2) is 5.03 Å². The molecule has 10 heteroatoms. The molecule has 0 radical (unpaired) electrons. The van der Waals surface area contributed by atoms with Gasteiger partial charge in [-0.2, -0.15) is 0 Å². The number of aromatic amines is 1. The van der Waals surface area contributed by atoms with Gasteiger partial charge >= 0.3 is 0 Å². The average molecular weight is 426 g/mol. The van der Waals surface area contributed by atoms with E-state index in [2.05, 4.69) is 20.3 Å². The number of aryl methyl sites for hydroxylation is 2. The number of benzene rings is 1. The Hall–Kier alpha value is -2.52. The molecule has 28 heavy (non-hydrogen) atoms. The third-order valence-electron chi connectivity index (χ3n) is 4.08. The van der Waals surface area contributed by atoms with E-state index in [1.54, 1.807) is 6.92 Å². The van der Waals surface area contributed by atoms with Gasteiger partial charge in [0.2, 0.25) is 0 Å². The summed E-state index contributed by atoms with van der Waals surface area (Å²) in [7, 11) is -3.09. The first kappa shape index (κ1) is 20.2. The van der Waals surface area contributed by atoms with Crippen LogP contribution in [0.15, 0.2) is 35.4 Å². The Labute approximate surface area is 166 Å². The molecular formula is C18H18ClF2N5OS. The summed E-state index contributed by atoms with van der Waals surface area (Å²) in [5.41, 5.74) is 0.786. The second kappa shape index (κ2) is 7.48. The van der Waals surface area contributed by atoms with Gasteiger partial charge in [0.05, 0.1) is 15.4 Å². The molecule has 0 aliphatic heterocycles. The SMILES string of the molecule is Cc1nc(NC(c2nc([S@@](C)(=N)=O)c(C)[nH]2)c2cc(Cl)ccc2F)ccc1F. The fourth-order valence-electron chi connectivity index (χ4n) is 2.78. The largest absolute Gasteiger partial charge is 0.356 e. The van der Waals surface area contributed by atoms with Crippen LogP contribution in [0.25, 0.3) is 0 Å². The second-order valence-electron chi connectivity index (χ2n) is 6.40. The minimum absolute atomic E-state index is 0.0833. The Morgan fingerprint density at radius 1 is 1.18 bits per heavy atom. The van der Waals surface area contributed by atoms with Crippen LogP contribution >= 0.6 is 11.6 Å². The van der Waals surface area contributed by atoms with Gasteiger partial charge in [-0.25, -0.2) is 27.7 Å². The van der Waals surface area contributed by atoms with Crippen molar-refractivity contribution in [2.75, 3.05) is 11.6 Å². The Morgan fingerprint density at radius 3 is 2.46 bits per heavy atom. The van der Waals surface area contributed by atoms with Crippen LogP contribution in [0.4, 0.5) is 14.6 Å². The lowest BCUT2D eigenvalue weighted by atomic mass is 10.1. The molecule has 148 valence electrons. The van der Waals surface area contributed by atoms with Crippen molar-refractivity contribution in [3.05, 3.63) is 69.8 Å². The summed E-state index contributed by atoms with van der Waals surface area (Å²) < 4.78 is 48.1. The molecule has 0 amide bonds. The fraction of sp³-hybridized carbons (Fsp3) is 0.222. The molecule has 0 fully saturated rings. The molecule has 1 aromatic carbocycles. The Morgan fingerprint density at radius 2 is 1.86 bits per heavy atom. The summed E-state index contributed by atoms with van der Waals surface area (Å²) in [6.07, 6.45) is 1.26. The number of halogens is 3. The third-order valence-corrected chi connectivity index (χ3v) is 5.45. The molecule has 0 bridgehead atoms. The standard InChI is InChI=1S/C18H18ClF2N5OS/c1-9-13(20)6-7-15(23-9)25-16(12-8-11(19)4-5-14(12)21)17-24-10(2)18(26-17)28(3,22)27/h4-8,16,22H,1-3H3,(H,23,25)(H,24,26)/t16?,28-/m0/s1. The van der Waals surface area contributed by atoms with Crippen LogP contribution in [0.2, 0.25) is 5.02 Å². The number of H-pyrrole nitrogens is 1. The first-order valence-corrected chi connectivity index (χ1v) is 10.6. The summed E-state index contributed by atoms with van der Waals surface area (Å²) in [5.74, 6) is -0.479. The minimum Gasteiger partial charge on any atom is -0.356 e. The number of nitrogens with one attached hydrogen (secondary N) is 3. The van der Waals surface area contributed by atoms with E-state index >= 15 is 0 Å². The molecule has 2 heterocycles. The summed E-state index contributed by atoms with van der Waals surface area (Å²) in [6, 6.07) is 5.86. The topological polar surface area (TPSA) is 94.5 Å². The van der Waals surface area contributed by atoms with E-state index in [1.807, 2.05) is 0 Å². The lowest BCUT2D eigenvalue weighted by molar-refractivity contribution is 0.598. The number of imidazole rings is 1. The van der Waals surface area contributed by atoms with Crippen molar-refractivity contribution in [3.8, 4) is 0 Å². The van der Waals surface area contributed by atoms with Crippen LogP contribution in [-0.2, 0) is 9.73 Å². The number of rotatable bonds is 5. The predicted octanol–water partition coefficient (Wildman–Crippen LogP) is 4.59. The first-order chi connectivity index (χ1) is 13.1. The minimum atomic E-state index is -3.09. The van der Waals surface area contributed by atoms with E-state index in [0.29, 0.717) is 16.5 Å². The van der Waals surface area contributed by atoms with Crippen LogP contribution < -0.4 is 5.32 Å². The molecule has 0 saturated heterocycles. The summed E-state index contributed by atoms with van der Waals surface area (Å²) >= 11 is 6.04. The Balaban J connectivity index is 2.14. The zero-order chi connectivity index (χ0) is 20.6. The van der Waals surface area contributed by atoms with Crippen molar-refractivity contribution in [1.29, 1.82) is 4.78 Å². The Kier molecular flexibility index (Phi) is 5.40. The van der Waals surface area contributed by atoms with Crippen molar-refractivity contribution in [2.45, 2.75) is 24.9 Å². The predicted molar refractivity (Wildman–Crippen MR) is 104 cm³/mol. The van der Waals surface area contributed by atoms with Gasteiger partial charge < -0.3 is 10.3 Å². The van der Waals surface area contributed by atoms with Crippen molar-refractivity contribution < 1.29 is 13.0 Å². The Bertz CT molecular complexity index is 1150. The average Bonchev–Trinajstić information content (AvgIpc) is 3.00.